The van der Waals surface area contributed by atoms with Gasteiger partial charge < -0.3 is 10.4 Å². The van der Waals surface area contributed by atoms with Crippen molar-refractivity contribution < 1.29 is 5.48 Å². The lowest BCUT2D eigenvalue weighted by Crippen LogP contribution is -2.48. The van der Waals surface area contributed by atoms with E-state index in [-0.39, 0.29) is 5.48 Å². The van der Waals surface area contributed by atoms with E-state index in [9.17, 15) is 0 Å². The molecule has 1 fully saturated rings. The highest BCUT2D eigenvalue weighted by atomic mass is 16.0. The van der Waals surface area contributed by atoms with E-state index in [0.29, 0.717) is 0 Å². The second-order valence-electron chi connectivity index (χ2n) is 5.50. The molecule has 0 aromatic carbocycles. The van der Waals surface area contributed by atoms with Gasteiger partial charge in [0.15, 0.2) is 0 Å². The lowest BCUT2D eigenvalue weighted by molar-refractivity contribution is 0.0491. The zero-order chi connectivity index (χ0) is 12.0. The maximum absolute atomic E-state index is 2.75. The van der Waals surface area contributed by atoms with Gasteiger partial charge in [-0.05, 0) is 44.1 Å². The minimum Gasteiger partial charge on any atom is -0.412 e. The first kappa shape index (κ1) is 16.9. The summed E-state index contributed by atoms with van der Waals surface area (Å²) in [4.78, 5) is 2.75. The fourth-order valence-electron chi connectivity index (χ4n) is 3.68. The molecule has 1 aliphatic rings. The molecule has 3 atom stereocenters. The van der Waals surface area contributed by atoms with E-state index in [4.69, 9.17) is 0 Å². The Morgan fingerprint density at radius 1 is 1.00 bits per heavy atom. The number of hydrogen-bond donors (Lipinski definition) is 0. The Labute approximate surface area is 108 Å². The minimum atomic E-state index is 0. The average molecular weight is 243 g/mol. The average Bonchev–Trinajstić information content (AvgIpc) is 2.29. The molecule has 17 heavy (non-hydrogen) atoms. The predicted octanol–water partition coefficient (Wildman–Crippen LogP) is 3.50. The van der Waals surface area contributed by atoms with E-state index in [1.807, 2.05) is 0 Å². The largest absolute Gasteiger partial charge is 0.412 e. The number of hydrogen-bond acceptors (Lipinski definition) is 1. The Kier molecular flexibility index (Phi) is 8.89. The standard InChI is InChI=1S/C15H31N.H2O/c1-5-9-13-11-14(10-6-2)15(7-3)16(8-4)12-13;/h13-15H,5-12H2,1-4H3;1H2. The smallest absolute Gasteiger partial charge is 0.0121 e. The fraction of sp³-hybridized carbons (Fsp3) is 1.00. The Balaban J connectivity index is 0.00000256. The summed E-state index contributed by atoms with van der Waals surface area (Å²) in [5.41, 5.74) is 0. The van der Waals surface area contributed by atoms with E-state index in [1.165, 1.54) is 51.6 Å². The summed E-state index contributed by atoms with van der Waals surface area (Å²) in [6, 6.07) is 0.873. The summed E-state index contributed by atoms with van der Waals surface area (Å²) in [6.45, 7) is 12.0. The minimum absolute atomic E-state index is 0. The number of likely N-dealkylation sites (tertiary alicyclic amines) is 1. The van der Waals surface area contributed by atoms with Crippen LogP contribution in [0.2, 0.25) is 0 Å². The molecule has 0 aromatic heterocycles. The maximum Gasteiger partial charge on any atom is 0.0121 e. The SMILES string of the molecule is CCCC1CC(CCC)C(CC)N(CC)C1.O. The van der Waals surface area contributed by atoms with Gasteiger partial charge in [-0.25, -0.2) is 0 Å². The topological polar surface area (TPSA) is 34.7 Å². The molecule has 0 spiro atoms. The number of nitrogens with zero attached hydrogens (tertiary/aromatic N) is 1. The first-order chi connectivity index (χ1) is 7.76. The van der Waals surface area contributed by atoms with Gasteiger partial charge in [0.25, 0.3) is 0 Å². The summed E-state index contributed by atoms with van der Waals surface area (Å²) in [5.74, 6) is 1.95. The molecule has 1 rings (SSSR count). The first-order valence-electron chi connectivity index (χ1n) is 7.50. The van der Waals surface area contributed by atoms with E-state index >= 15 is 0 Å². The van der Waals surface area contributed by atoms with Crippen molar-refractivity contribution >= 4 is 0 Å². The molecule has 0 aromatic rings. The lowest BCUT2D eigenvalue weighted by atomic mass is 9.78. The molecule has 0 saturated carbocycles. The van der Waals surface area contributed by atoms with Crippen molar-refractivity contribution in [1.82, 2.24) is 4.90 Å². The molecule has 104 valence electrons. The normalized spacial score (nSPS) is 30.0. The van der Waals surface area contributed by atoms with Crippen LogP contribution in [0, 0.1) is 11.8 Å². The summed E-state index contributed by atoms with van der Waals surface area (Å²) >= 11 is 0. The summed E-state index contributed by atoms with van der Waals surface area (Å²) in [7, 11) is 0. The first-order valence-corrected chi connectivity index (χ1v) is 7.50. The quantitative estimate of drug-likeness (QED) is 0.703. The highest BCUT2D eigenvalue weighted by molar-refractivity contribution is 4.86. The highest BCUT2D eigenvalue weighted by Crippen LogP contribution is 2.34. The van der Waals surface area contributed by atoms with E-state index in [2.05, 4.69) is 32.6 Å². The van der Waals surface area contributed by atoms with Crippen LogP contribution in [-0.2, 0) is 0 Å². The van der Waals surface area contributed by atoms with Crippen LogP contribution >= 0.6 is 0 Å². The molecule has 0 bridgehead atoms. The van der Waals surface area contributed by atoms with Crippen molar-refractivity contribution in [2.75, 3.05) is 13.1 Å². The summed E-state index contributed by atoms with van der Waals surface area (Å²) < 4.78 is 0. The molecule has 3 unspecified atom stereocenters. The van der Waals surface area contributed by atoms with Crippen molar-refractivity contribution in [2.45, 2.75) is 72.3 Å². The fourth-order valence-corrected chi connectivity index (χ4v) is 3.68. The molecular weight excluding hydrogens is 210 g/mol. The van der Waals surface area contributed by atoms with Gasteiger partial charge in [-0.1, -0.05) is 40.5 Å². The molecule has 1 heterocycles. The highest BCUT2D eigenvalue weighted by Gasteiger charge is 2.32. The van der Waals surface area contributed by atoms with Crippen LogP contribution in [0.15, 0.2) is 0 Å². The molecule has 2 N–H and O–H groups in total. The molecule has 0 radical (unpaired) electrons. The Hall–Kier alpha value is -0.0800. The van der Waals surface area contributed by atoms with Crippen LogP contribution in [0.5, 0.6) is 0 Å². The van der Waals surface area contributed by atoms with E-state index in [1.54, 1.807) is 0 Å². The maximum atomic E-state index is 2.75. The molecule has 2 nitrogen and oxygen atoms in total. The molecule has 0 amide bonds. The van der Waals surface area contributed by atoms with Crippen LogP contribution in [0.3, 0.4) is 0 Å². The monoisotopic (exact) mass is 243 g/mol. The van der Waals surface area contributed by atoms with E-state index in [0.717, 1.165) is 17.9 Å². The van der Waals surface area contributed by atoms with Gasteiger partial charge in [0.05, 0.1) is 0 Å². The second kappa shape index (κ2) is 8.93. The molecular formula is C15H33NO. The molecule has 1 saturated heterocycles. The van der Waals surface area contributed by atoms with Gasteiger partial charge in [0, 0.05) is 12.6 Å². The van der Waals surface area contributed by atoms with Crippen molar-refractivity contribution in [1.29, 1.82) is 0 Å². The van der Waals surface area contributed by atoms with Gasteiger partial charge in [0.1, 0.15) is 0 Å². The van der Waals surface area contributed by atoms with Gasteiger partial charge >= 0.3 is 0 Å². The Morgan fingerprint density at radius 2 is 1.65 bits per heavy atom. The predicted molar refractivity (Wildman–Crippen MR) is 76.4 cm³/mol. The zero-order valence-electron chi connectivity index (χ0n) is 12.3. The summed E-state index contributed by atoms with van der Waals surface area (Å²) in [6.07, 6.45) is 8.44. The third kappa shape index (κ3) is 4.59. The van der Waals surface area contributed by atoms with Crippen LogP contribution < -0.4 is 0 Å². The van der Waals surface area contributed by atoms with Gasteiger partial charge in [-0.15, -0.1) is 0 Å². The second-order valence-corrected chi connectivity index (χ2v) is 5.50. The van der Waals surface area contributed by atoms with Crippen LogP contribution in [0.4, 0.5) is 0 Å². The van der Waals surface area contributed by atoms with Crippen LogP contribution in [0.1, 0.15) is 66.2 Å². The molecule has 0 aliphatic carbocycles. The number of rotatable bonds is 6. The molecule has 1 aliphatic heterocycles. The third-order valence-corrected chi connectivity index (χ3v) is 4.32. The third-order valence-electron chi connectivity index (χ3n) is 4.32. The van der Waals surface area contributed by atoms with Gasteiger partial charge in [0.2, 0.25) is 0 Å². The van der Waals surface area contributed by atoms with Crippen molar-refractivity contribution in [2.24, 2.45) is 11.8 Å². The van der Waals surface area contributed by atoms with Crippen LogP contribution in [0.25, 0.3) is 0 Å². The Bertz CT molecular complexity index is 184. The summed E-state index contributed by atoms with van der Waals surface area (Å²) in [5, 5.41) is 0. The van der Waals surface area contributed by atoms with E-state index < -0.39 is 0 Å². The van der Waals surface area contributed by atoms with Crippen molar-refractivity contribution in [3.8, 4) is 0 Å². The van der Waals surface area contributed by atoms with Crippen LogP contribution in [-0.4, -0.2) is 29.5 Å². The van der Waals surface area contributed by atoms with Gasteiger partial charge in [-0.3, -0.25) is 0 Å². The lowest BCUT2D eigenvalue weighted by Gasteiger charge is -2.44. The Morgan fingerprint density at radius 3 is 2.12 bits per heavy atom. The number of piperidine rings is 1. The van der Waals surface area contributed by atoms with Crippen molar-refractivity contribution in [3.63, 3.8) is 0 Å². The van der Waals surface area contributed by atoms with Gasteiger partial charge in [-0.2, -0.15) is 0 Å². The van der Waals surface area contributed by atoms with Crippen molar-refractivity contribution in [3.05, 3.63) is 0 Å². The zero-order valence-corrected chi connectivity index (χ0v) is 12.3. The molecule has 2 heteroatoms.